The average Bonchev–Trinajstić information content (AvgIpc) is 2.94. The molecule has 1 aromatic carbocycles. The third-order valence-electron chi connectivity index (χ3n) is 6.09. The number of rotatable bonds is 3. The number of aromatic nitrogens is 3. The second-order valence-corrected chi connectivity index (χ2v) is 7.95. The lowest BCUT2D eigenvalue weighted by Crippen LogP contribution is -2.48. The highest BCUT2D eigenvalue weighted by Crippen LogP contribution is 2.29. The number of benzene rings is 1. The van der Waals surface area contributed by atoms with Crippen molar-refractivity contribution >= 4 is 22.7 Å². The van der Waals surface area contributed by atoms with Crippen LogP contribution in [0.3, 0.4) is 0 Å². The largest absolute Gasteiger partial charge is 0.338 e. The van der Waals surface area contributed by atoms with Crippen molar-refractivity contribution in [2.45, 2.75) is 25.4 Å². The van der Waals surface area contributed by atoms with Crippen molar-refractivity contribution in [1.82, 2.24) is 24.3 Å². The summed E-state index contributed by atoms with van der Waals surface area (Å²) in [4.78, 5) is 38.0. The Bertz CT molecular complexity index is 1050. The first-order valence-electron chi connectivity index (χ1n) is 10.1. The molecule has 0 radical (unpaired) electrons. The number of amides is 2. The first kappa shape index (κ1) is 17.8. The van der Waals surface area contributed by atoms with Gasteiger partial charge in [0, 0.05) is 49.8 Å². The molecule has 2 bridgehead atoms. The molecule has 3 fully saturated rings. The molecule has 0 unspecified atom stereocenters. The molecular weight excluding hydrogens is 366 g/mol. The van der Waals surface area contributed by atoms with E-state index in [1.807, 2.05) is 44.8 Å². The van der Waals surface area contributed by atoms with E-state index < -0.39 is 0 Å². The number of fused-ring (bicyclic) bond motifs is 5. The van der Waals surface area contributed by atoms with Crippen LogP contribution in [0.2, 0.25) is 0 Å². The molecule has 6 rings (SSSR count). The highest BCUT2D eigenvalue weighted by Gasteiger charge is 2.39. The Hall–Kier alpha value is -3.22. The summed E-state index contributed by atoms with van der Waals surface area (Å²) in [6, 6.07) is 10.2. The molecule has 2 amide bonds. The summed E-state index contributed by atoms with van der Waals surface area (Å²) in [6.45, 7) is 2.27. The Morgan fingerprint density at radius 1 is 1.03 bits per heavy atom. The van der Waals surface area contributed by atoms with E-state index in [-0.39, 0.29) is 17.9 Å². The molecular formula is C22H23N5O2. The van der Waals surface area contributed by atoms with Gasteiger partial charge in [-0.15, -0.1) is 0 Å². The van der Waals surface area contributed by atoms with Gasteiger partial charge in [0.05, 0.1) is 6.20 Å². The number of piperidine rings is 1. The van der Waals surface area contributed by atoms with Crippen LogP contribution in [-0.4, -0.2) is 61.8 Å². The van der Waals surface area contributed by atoms with Crippen molar-refractivity contribution in [2.24, 2.45) is 5.92 Å². The lowest BCUT2D eigenvalue weighted by molar-refractivity contribution is -0.135. The molecule has 7 heteroatoms. The highest BCUT2D eigenvalue weighted by molar-refractivity contribution is 5.92. The van der Waals surface area contributed by atoms with Crippen LogP contribution >= 0.6 is 0 Å². The van der Waals surface area contributed by atoms with Gasteiger partial charge in [0.25, 0.3) is 5.91 Å². The van der Waals surface area contributed by atoms with Crippen LogP contribution in [0.5, 0.6) is 0 Å². The quantitative estimate of drug-likeness (QED) is 0.689. The van der Waals surface area contributed by atoms with Crippen molar-refractivity contribution < 1.29 is 9.59 Å². The monoisotopic (exact) mass is 389 g/mol. The number of hydrogen-bond acceptors (Lipinski definition) is 4. The summed E-state index contributed by atoms with van der Waals surface area (Å²) >= 11 is 0. The van der Waals surface area contributed by atoms with Gasteiger partial charge in [0.2, 0.25) is 5.91 Å². The van der Waals surface area contributed by atoms with Gasteiger partial charge >= 0.3 is 0 Å². The second-order valence-electron chi connectivity index (χ2n) is 7.95. The second kappa shape index (κ2) is 7.31. The molecule has 3 aromatic rings. The number of para-hydroxylation sites is 1. The van der Waals surface area contributed by atoms with Gasteiger partial charge < -0.3 is 14.4 Å². The Morgan fingerprint density at radius 2 is 1.93 bits per heavy atom. The molecule has 5 heterocycles. The van der Waals surface area contributed by atoms with Gasteiger partial charge in [-0.05, 0) is 36.3 Å². The molecule has 0 spiro atoms. The Balaban J connectivity index is 1.33. The first-order chi connectivity index (χ1) is 14.2. The predicted molar refractivity (Wildman–Crippen MR) is 108 cm³/mol. The maximum absolute atomic E-state index is 13.2. The van der Waals surface area contributed by atoms with Crippen LogP contribution in [0.1, 0.15) is 23.3 Å². The third-order valence-corrected chi connectivity index (χ3v) is 6.09. The Morgan fingerprint density at radius 3 is 2.79 bits per heavy atom. The smallest absolute Gasteiger partial charge is 0.274 e. The average molecular weight is 389 g/mol. The van der Waals surface area contributed by atoms with E-state index in [0.29, 0.717) is 37.8 Å². The van der Waals surface area contributed by atoms with E-state index in [9.17, 15) is 9.59 Å². The van der Waals surface area contributed by atoms with Crippen molar-refractivity contribution in [3.05, 3.63) is 60.8 Å². The predicted octanol–water partition coefficient (Wildman–Crippen LogP) is 2.19. The van der Waals surface area contributed by atoms with Gasteiger partial charge in [-0.25, -0.2) is 4.98 Å². The van der Waals surface area contributed by atoms with E-state index in [2.05, 4.69) is 16.0 Å². The van der Waals surface area contributed by atoms with E-state index in [4.69, 9.17) is 0 Å². The van der Waals surface area contributed by atoms with Crippen LogP contribution in [0.15, 0.2) is 55.1 Å². The molecule has 2 atom stereocenters. The number of nitrogens with zero attached hydrogens (tertiary/aromatic N) is 5. The maximum Gasteiger partial charge on any atom is 0.274 e. The number of hydrogen-bond donors (Lipinski definition) is 0. The maximum atomic E-state index is 13.2. The summed E-state index contributed by atoms with van der Waals surface area (Å²) in [7, 11) is 0. The summed E-state index contributed by atoms with van der Waals surface area (Å²) < 4.78 is 2.01. The fourth-order valence-electron chi connectivity index (χ4n) is 4.64. The van der Waals surface area contributed by atoms with Crippen LogP contribution in [-0.2, 0) is 11.3 Å². The van der Waals surface area contributed by atoms with Gasteiger partial charge in [0.15, 0.2) is 0 Å². The lowest BCUT2D eigenvalue weighted by Gasteiger charge is -2.36. The minimum absolute atomic E-state index is 0.0590. The standard InChI is InChI=1S/C22H23N5O2/c28-21(15-25-10-7-17-3-1-2-4-20(17)25)27-13-16-5-6-18(27)14-26(12-16)22(29)19-11-23-8-9-24-19/h1-4,7-11,16,18H,5-6,12-15H2/t16-,18+/m0/s1. The van der Waals surface area contributed by atoms with Gasteiger partial charge in [0.1, 0.15) is 12.2 Å². The molecule has 0 N–H and O–H groups in total. The molecule has 3 aliphatic heterocycles. The molecule has 7 nitrogen and oxygen atoms in total. The van der Waals surface area contributed by atoms with Gasteiger partial charge in [-0.1, -0.05) is 18.2 Å². The van der Waals surface area contributed by atoms with Crippen LogP contribution in [0.4, 0.5) is 0 Å². The lowest BCUT2D eigenvalue weighted by atomic mass is 9.95. The normalized spacial score (nSPS) is 21.4. The zero-order chi connectivity index (χ0) is 19.8. The molecule has 0 saturated carbocycles. The SMILES string of the molecule is O=C(c1cnccn1)N1C[C@@H]2CC[C@H](C1)N(C(=O)Cn1ccc3ccccc31)C2. The topological polar surface area (TPSA) is 71.3 Å². The van der Waals surface area contributed by atoms with Crippen molar-refractivity contribution in [1.29, 1.82) is 0 Å². The van der Waals surface area contributed by atoms with Crippen molar-refractivity contribution in [2.75, 3.05) is 19.6 Å². The van der Waals surface area contributed by atoms with Crippen LogP contribution in [0, 0.1) is 5.92 Å². The van der Waals surface area contributed by atoms with E-state index in [1.165, 1.54) is 12.4 Å². The van der Waals surface area contributed by atoms with Gasteiger partial charge in [-0.2, -0.15) is 0 Å². The molecule has 2 aromatic heterocycles. The van der Waals surface area contributed by atoms with Crippen molar-refractivity contribution in [3.8, 4) is 0 Å². The Kier molecular flexibility index (Phi) is 4.50. The van der Waals surface area contributed by atoms with E-state index in [0.717, 1.165) is 23.7 Å². The molecule has 148 valence electrons. The van der Waals surface area contributed by atoms with Crippen molar-refractivity contribution in [3.63, 3.8) is 0 Å². The zero-order valence-corrected chi connectivity index (χ0v) is 16.1. The summed E-state index contributed by atoms with van der Waals surface area (Å²) in [6.07, 6.45) is 8.57. The van der Waals surface area contributed by atoms with E-state index >= 15 is 0 Å². The molecule has 29 heavy (non-hydrogen) atoms. The minimum atomic E-state index is -0.0966. The van der Waals surface area contributed by atoms with Crippen LogP contribution in [0.25, 0.3) is 10.9 Å². The summed E-state index contributed by atoms with van der Waals surface area (Å²) in [5.74, 6) is 0.329. The summed E-state index contributed by atoms with van der Waals surface area (Å²) in [5.41, 5.74) is 1.44. The first-order valence-corrected chi connectivity index (χ1v) is 10.1. The molecule has 3 saturated heterocycles. The minimum Gasteiger partial charge on any atom is -0.338 e. The summed E-state index contributed by atoms with van der Waals surface area (Å²) in [5, 5.41) is 1.14. The van der Waals surface area contributed by atoms with Crippen LogP contribution < -0.4 is 0 Å². The number of carbonyl (C=O) groups is 2. The van der Waals surface area contributed by atoms with Gasteiger partial charge in [-0.3, -0.25) is 14.6 Å². The molecule has 0 aliphatic carbocycles. The van der Waals surface area contributed by atoms with E-state index in [1.54, 1.807) is 6.20 Å². The fourth-order valence-corrected chi connectivity index (χ4v) is 4.64. The third kappa shape index (κ3) is 3.37. The fraction of sp³-hybridized carbons (Fsp3) is 0.364. The Labute approximate surface area is 169 Å². The zero-order valence-electron chi connectivity index (χ0n) is 16.1. The molecule has 3 aliphatic rings. The number of carbonyl (C=O) groups excluding carboxylic acids is 2. The highest BCUT2D eigenvalue weighted by atomic mass is 16.2.